The van der Waals surface area contributed by atoms with Crippen molar-refractivity contribution in [2.75, 3.05) is 6.54 Å². The Balaban J connectivity index is 2.18. The van der Waals surface area contributed by atoms with Crippen molar-refractivity contribution in [1.82, 2.24) is 19.9 Å². The summed E-state index contributed by atoms with van der Waals surface area (Å²) in [5.74, 6) is 0.927. The fourth-order valence-corrected chi connectivity index (χ4v) is 1.76. The van der Waals surface area contributed by atoms with E-state index in [-0.39, 0.29) is 0 Å². The molecule has 2 heterocycles. The van der Waals surface area contributed by atoms with Gasteiger partial charge >= 0.3 is 0 Å². The van der Waals surface area contributed by atoms with Crippen LogP contribution in [0.4, 0.5) is 0 Å². The zero-order valence-electron chi connectivity index (χ0n) is 10.3. The highest BCUT2D eigenvalue weighted by Crippen LogP contribution is 2.09. The summed E-state index contributed by atoms with van der Waals surface area (Å²) in [6.45, 7) is 6.12. The van der Waals surface area contributed by atoms with Gasteiger partial charge in [-0.15, -0.1) is 0 Å². The molecule has 17 heavy (non-hydrogen) atoms. The summed E-state index contributed by atoms with van der Waals surface area (Å²) in [7, 11) is 0. The van der Waals surface area contributed by atoms with Crippen LogP contribution in [0.15, 0.2) is 30.9 Å². The normalized spacial score (nSPS) is 10.7. The van der Waals surface area contributed by atoms with Crippen molar-refractivity contribution < 1.29 is 0 Å². The molecular weight excluding hydrogens is 212 g/mol. The molecule has 90 valence electrons. The van der Waals surface area contributed by atoms with E-state index in [0.717, 1.165) is 31.0 Å². The zero-order chi connectivity index (χ0) is 12.1. The Labute approximate surface area is 102 Å². The molecule has 0 aliphatic rings. The van der Waals surface area contributed by atoms with Crippen molar-refractivity contribution >= 4 is 0 Å². The average Bonchev–Trinajstić information content (AvgIpc) is 2.82. The summed E-state index contributed by atoms with van der Waals surface area (Å²) < 4.78 is 1.93. The van der Waals surface area contributed by atoms with Gasteiger partial charge in [0.2, 0.25) is 0 Å². The number of aromatic nitrogens is 3. The summed E-state index contributed by atoms with van der Waals surface area (Å²) in [4.78, 5) is 8.54. The number of hydrogen-bond acceptors (Lipinski definition) is 3. The summed E-state index contributed by atoms with van der Waals surface area (Å²) in [6, 6.07) is 4.21. The molecule has 0 radical (unpaired) electrons. The molecule has 2 aromatic heterocycles. The van der Waals surface area contributed by atoms with Gasteiger partial charge in [-0.25, -0.2) is 9.97 Å². The van der Waals surface area contributed by atoms with E-state index in [9.17, 15) is 0 Å². The van der Waals surface area contributed by atoms with Crippen molar-refractivity contribution in [1.29, 1.82) is 0 Å². The van der Waals surface area contributed by atoms with E-state index in [1.54, 1.807) is 12.5 Å². The third kappa shape index (κ3) is 3.14. The maximum Gasteiger partial charge on any atom is 0.138 e. The lowest BCUT2D eigenvalue weighted by molar-refractivity contribution is 0.674. The van der Waals surface area contributed by atoms with Crippen LogP contribution in [-0.4, -0.2) is 21.1 Å². The van der Waals surface area contributed by atoms with Crippen molar-refractivity contribution in [3.05, 3.63) is 42.1 Å². The summed E-state index contributed by atoms with van der Waals surface area (Å²) in [5.41, 5.74) is 2.29. The Kier molecular flexibility index (Phi) is 3.88. The molecule has 0 atom stereocenters. The Hall–Kier alpha value is -1.68. The van der Waals surface area contributed by atoms with Crippen molar-refractivity contribution in [2.45, 2.75) is 26.8 Å². The average molecular weight is 230 g/mol. The predicted octanol–water partition coefficient (Wildman–Crippen LogP) is 2.08. The van der Waals surface area contributed by atoms with Gasteiger partial charge in [-0.1, -0.05) is 6.92 Å². The molecule has 4 nitrogen and oxygen atoms in total. The molecule has 0 aromatic carbocycles. The fraction of sp³-hybridized carbons (Fsp3) is 0.385. The largest absolute Gasteiger partial charge is 0.313 e. The topological polar surface area (TPSA) is 42.7 Å². The number of imidazole rings is 1. The van der Waals surface area contributed by atoms with E-state index in [1.807, 2.05) is 17.7 Å². The standard InChI is InChI=1S/C13H18N4/c1-3-4-14-9-12-7-11(2)16-13(8-12)17-6-5-15-10-17/h5-8,10,14H,3-4,9H2,1-2H3. The van der Waals surface area contributed by atoms with Gasteiger partial charge < -0.3 is 5.32 Å². The van der Waals surface area contributed by atoms with Crippen LogP contribution in [-0.2, 0) is 6.54 Å². The van der Waals surface area contributed by atoms with E-state index in [1.165, 1.54) is 5.56 Å². The van der Waals surface area contributed by atoms with Gasteiger partial charge in [-0.2, -0.15) is 0 Å². The van der Waals surface area contributed by atoms with Gasteiger partial charge in [0, 0.05) is 24.6 Å². The lowest BCUT2D eigenvalue weighted by Gasteiger charge is -2.08. The highest BCUT2D eigenvalue weighted by molar-refractivity contribution is 5.30. The maximum absolute atomic E-state index is 4.50. The molecule has 0 spiro atoms. The number of hydrogen-bond donors (Lipinski definition) is 1. The predicted molar refractivity (Wildman–Crippen MR) is 68.1 cm³/mol. The molecular formula is C13H18N4. The van der Waals surface area contributed by atoms with Gasteiger partial charge in [-0.05, 0) is 37.6 Å². The van der Waals surface area contributed by atoms with E-state index in [4.69, 9.17) is 0 Å². The van der Waals surface area contributed by atoms with Crippen LogP contribution in [0.5, 0.6) is 0 Å². The first-order valence-electron chi connectivity index (χ1n) is 5.96. The summed E-state index contributed by atoms with van der Waals surface area (Å²) >= 11 is 0. The first-order chi connectivity index (χ1) is 8.29. The molecule has 1 N–H and O–H groups in total. The highest BCUT2D eigenvalue weighted by atomic mass is 15.1. The molecule has 4 heteroatoms. The number of aryl methyl sites for hydroxylation is 1. The van der Waals surface area contributed by atoms with Crippen molar-refractivity contribution in [3.63, 3.8) is 0 Å². The molecule has 0 unspecified atom stereocenters. The number of pyridine rings is 1. The zero-order valence-corrected chi connectivity index (χ0v) is 10.3. The fourth-order valence-electron chi connectivity index (χ4n) is 1.76. The number of nitrogens with one attached hydrogen (secondary N) is 1. The molecule has 2 aromatic rings. The van der Waals surface area contributed by atoms with Crippen LogP contribution in [0, 0.1) is 6.92 Å². The third-order valence-corrected chi connectivity index (χ3v) is 2.52. The van der Waals surface area contributed by atoms with Crippen molar-refractivity contribution in [3.8, 4) is 5.82 Å². The van der Waals surface area contributed by atoms with Crippen LogP contribution in [0.25, 0.3) is 5.82 Å². The van der Waals surface area contributed by atoms with Crippen LogP contribution < -0.4 is 5.32 Å². The molecule has 0 fully saturated rings. The van der Waals surface area contributed by atoms with E-state index in [2.05, 4.69) is 34.3 Å². The van der Waals surface area contributed by atoms with E-state index < -0.39 is 0 Å². The molecule has 0 saturated carbocycles. The molecule has 0 amide bonds. The SMILES string of the molecule is CCCNCc1cc(C)nc(-n2ccnc2)c1. The van der Waals surface area contributed by atoms with Gasteiger partial charge in [0.25, 0.3) is 0 Å². The van der Waals surface area contributed by atoms with Crippen LogP contribution in [0.1, 0.15) is 24.6 Å². The summed E-state index contributed by atoms with van der Waals surface area (Å²) in [6.07, 6.45) is 6.59. The quantitative estimate of drug-likeness (QED) is 0.800. The van der Waals surface area contributed by atoms with Crippen LogP contribution >= 0.6 is 0 Å². The van der Waals surface area contributed by atoms with Crippen LogP contribution in [0.2, 0.25) is 0 Å². The third-order valence-electron chi connectivity index (χ3n) is 2.52. The van der Waals surface area contributed by atoms with Gasteiger partial charge in [0.05, 0.1) is 0 Å². The van der Waals surface area contributed by atoms with Gasteiger partial charge in [-0.3, -0.25) is 4.57 Å². The maximum atomic E-state index is 4.50. The second-order valence-corrected chi connectivity index (χ2v) is 4.12. The number of nitrogens with zero attached hydrogens (tertiary/aromatic N) is 3. The molecule has 0 aliphatic heterocycles. The Morgan fingerprint density at radius 1 is 1.35 bits per heavy atom. The smallest absolute Gasteiger partial charge is 0.138 e. The van der Waals surface area contributed by atoms with E-state index >= 15 is 0 Å². The monoisotopic (exact) mass is 230 g/mol. The second-order valence-electron chi connectivity index (χ2n) is 4.12. The molecule has 0 bridgehead atoms. The lowest BCUT2D eigenvalue weighted by atomic mass is 10.2. The molecule has 2 rings (SSSR count). The van der Waals surface area contributed by atoms with Crippen LogP contribution in [0.3, 0.4) is 0 Å². The first kappa shape index (κ1) is 11.8. The van der Waals surface area contributed by atoms with E-state index in [0.29, 0.717) is 0 Å². The van der Waals surface area contributed by atoms with Gasteiger partial charge in [0.1, 0.15) is 12.1 Å². The summed E-state index contributed by atoms with van der Waals surface area (Å²) in [5, 5.41) is 3.40. The molecule has 0 saturated heterocycles. The second kappa shape index (κ2) is 5.59. The number of rotatable bonds is 5. The lowest BCUT2D eigenvalue weighted by Crippen LogP contribution is -2.14. The highest BCUT2D eigenvalue weighted by Gasteiger charge is 2.01. The minimum Gasteiger partial charge on any atom is -0.313 e. The minimum absolute atomic E-state index is 0.888. The Morgan fingerprint density at radius 2 is 2.24 bits per heavy atom. The first-order valence-corrected chi connectivity index (χ1v) is 5.96. The molecule has 0 aliphatic carbocycles. The van der Waals surface area contributed by atoms with Crippen molar-refractivity contribution in [2.24, 2.45) is 0 Å². The Bertz CT molecular complexity index is 462. The van der Waals surface area contributed by atoms with Gasteiger partial charge in [0.15, 0.2) is 0 Å². The Morgan fingerprint density at radius 3 is 2.94 bits per heavy atom. The minimum atomic E-state index is 0.888.